The lowest BCUT2D eigenvalue weighted by atomic mass is 9.69. The van der Waals surface area contributed by atoms with Gasteiger partial charge in [0.25, 0.3) is 0 Å². The van der Waals surface area contributed by atoms with Gasteiger partial charge in [0.1, 0.15) is 5.60 Å². The van der Waals surface area contributed by atoms with Gasteiger partial charge in [-0.05, 0) is 65.2 Å². The summed E-state index contributed by atoms with van der Waals surface area (Å²) in [5.41, 5.74) is -0.715. The van der Waals surface area contributed by atoms with Crippen LogP contribution in [0.25, 0.3) is 0 Å². The van der Waals surface area contributed by atoms with Crippen molar-refractivity contribution in [2.24, 2.45) is 5.41 Å². The average Bonchev–Trinajstić information content (AvgIpc) is 2.66. The molecule has 2 rings (SSSR count). The van der Waals surface area contributed by atoms with Crippen molar-refractivity contribution in [3.63, 3.8) is 0 Å². The third kappa shape index (κ3) is 3.62. The second kappa shape index (κ2) is 4.65. The van der Waals surface area contributed by atoms with Crippen LogP contribution in [0.5, 0.6) is 0 Å². The molecule has 1 aliphatic carbocycles. The maximum absolute atomic E-state index is 12.1. The number of ether oxygens (including phenoxy) is 1. The predicted octanol–water partition coefficient (Wildman–Crippen LogP) is 2.94. The molecule has 1 N–H and O–H groups in total. The number of aliphatic hydroxyl groups is 1. The lowest BCUT2D eigenvalue weighted by Crippen LogP contribution is -2.40. The Hall–Kier alpha value is -0.770. The zero-order valence-corrected chi connectivity index (χ0v) is 12.7. The van der Waals surface area contributed by atoms with Crippen molar-refractivity contribution in [2.75, 3.05) is 13.1 Å². The Morgan fingerprint density at radius 1 is 1.16 bits per heavy atom. The molecule has 2 aliphatic rings. The van der Waals surface area contributed by atoms with Crippen LogP contribution < -0.4 is 0 Å². The summed E-state index contributed by atoms with van der Waals surface area (Å²) in [7, 11) is 0. The highest BCUT2D eigenvalue weighted by Crippen LogP contribution is 2.46. The highest BCUT2D eigenvalue weighted by molar-refractivity contribution is 5.68. The van der Waals surface area contributed by atoms with Crippen LogP contribution in [0.4, 0.5) is 4.79 Å². The summed E-state index contributed by atoms with van der Waals surface area (Å²) in [6, 6.07) is 0. The van der Waals surface area contributed by atoms with Crippen LogP contribution in [0.1, 0.15) is 59.8 Å². The fourth-order valence-electron chi connectivity index (χ4n) is 3.14. The van der Waals surface area contributed by atoms with Gasteiger partial charge in [0.2, 0.25) is 0 Å². The molecule has 0 atom stereocenters. The summed E-state index contributed by atoms with van der Waals surface area (Å²) in [5, 5.41) is 10.0. The van der Waals surface area contributed by atoms with Crippen molar-refractivity contribution in [2.45, 2.75) is 71.0 Å². The highest BCUT2D eigenvalue weighted by Gasteiger charge is 2.45. The van der Waals surface area contributed by atoms with Crippen LogP contribution in [0.2, 0.25) is 0 Å². The largest absolute Gasteiger partial charge is 0.444 e. The van der Waals surface area contributed by atoms with Crippen molar-refractivity contribution < 1.29 is 14.6 Å². The Kier molecular flexibility index (Phi) is 3.58. The molecule has 0 aromatic carbocycles. The van der Waals surface area contributed by atoms with E-state index in [2.05, 4.69) is 0 Å². The van der Waals surface area contributed by atoms with E-state index in [4.69, 9.17) is 4.74 Å². The summed E-state index contributed by atoms with van der Waals surface area (Å²) in [6.07, 6.45) is 4.56. The van der Waals surface area contributed by atoms with E-state index in [0.29, 0.717) is 0 Å². The number of hydrogen-bond donors (Lipinski definition) is 1. The Morgan fingerprint density at radius 3 is 2.26 bits per heavy atom. The van der Waals surface area contributed by atoms with Gasteiger partial charge in [-0.1, -0.05) is 0 Å². The van der Waals surface area contributed by atoms with Crippen molar-refractivity contribution in [3.05, 3.63) is 0 Å². The van der Waals surface area contributed by atoms with Crippen LogP contribution in [0.3, 0.4) is 0 Å². The standard InChI is InChI=1S/C15H27NO3/c1-13(2,3)19-12(17)16-10-9-15(11-16)7-5-14(4,18)6-8-15/h18H,5-11H2,1-4H3. The van der Waals surface area contributed by atoms with Crippen molar-refractivity contribution in [1.82, 2.24) is 4.90 Å². The SMILES string of the molecule is CC1(O)CCC2(CCN(C(=O)OC(C)(C)C)C2)CC1. The molecule has 1 spiro atoms. The van der Waals surface area contributed by atoms with E-state index >= 15 is 0 Å². The van der Waals surface area contributed by atoms with Gasteiger partial charge in [-0.15, -0.1) is 0 Å². The summed E-state index contributed by atoms with van der Waals surface area (Å²) < 4.78 is 5.43. The van der Waals surface area contributed by atoms with Gasteiger partial charge in [0.05, 0.1) is 5.60 Å². The summed E-state index contributed by atoms with van der Waals surface area (Å²) in [6.45, 7) is 9.19. The summed E-state index contributed by atoms with van der Waals surface area (Å²) >= 11 is 0. The van der Waals surface area contributed by atoms with Crippen LogP contribution >= 0.6 is 0 Å². The Labute approximate surface area is 116 Å². The fraction of sp³-hybridized carbons (Fsp3) is 0.933. The second-order valence-electron chi connectivity index (χ2n) is 7.65. The topological polar surface area (TPSA) is 49.8 Å². The second-order valence-corrected chi connectivity index (χ2v) is 7.65. The molecule has 1 aliphatic heterocycles. The summed E-state index contributed by atoms with van der Waals surface area (Å²) in [4.78, 5) is 13.9. The van der Waals surface area contributed by atoms with Crippen molar-refractivity contribution >= 4 is 6.09 Å². The molecule has 4 heteroatoms. The molecule has 19 heavy (non-hydrogen) atoms. The first-order valence-electron chi connectivity index (χ1n) is 7.31. The maximum Gasteiger partial charge on any atom is 0.410 e. The van der Waals surface area contributed by atoms with Crippen molar-refractivity contribution in [3.8, 4) is 0 Å². The number of carbonyl (C=O) groups is 1. The number of amides is 1. The minimum atomic E-state index is -0.509. The van der Waals surface area contributed by atoms with E-state index in [-0.39, 0.29) is 11.5 Å². The number of likely N-dealkylation sites (tertiary alicyclic amines) is 1. The van der Waals surface area contributed by atoms with Crippen LogP contribution in [-0.2, 0) is 4.74 Å². The third-order valence-electron chi connectivity index (χ3n) is 4.48. The molecule has 110 valence electrons. The van der Waals surface area contributed by atoms with Crippen LogP contribution in [0, 0.1) is 5.41 Å². The zero-order chi connectivity index (χ0) is 14.3. The van der Waals surface area contributed by atoms with Gasteiger partial charge in [-0.3, -0.25) is 0 Å². The molecule has 0 aromatic heterocycles. The quantitative estimate of drug-likeness (QED) is 0.735. The van der Waals surface area contributed by atoms with E-state index < -0.39 is 11.2 Å². The van der Waals surface area contributed by atoms with E-state index in [0.717, 1.165) is 45.2 Å². The van der Waals surface area contributed by atoms with E-state index in [1.165, 1.54) is 0 Å². The number of nitrogens with zero attached hydrogens (tertiary/aromatic N) is 1. The zero-order valence-electron chi connectivity index (χ0n) is 12.7. The Bertz CT molecular complexity index is 347. The summed E-state index contributed by atoms with van der Waals surface area (Å²) in [5.74, 6) is 0. The Morgan fingerprint density at radius 2 is 1.74 bits per heavy atom. The molecule has 0 aromatic rings. The Balaban J connectivity index is 1.92. The van der Waals surface area contributed by atoms with Gasteiger partial charge in [-0.2, -0.15) is 0 Å². The molecule has 1 heterocycles. The fourth-order valence-corrected chi connectivity index (χ4v) is 3.14. The minimum absolute atomic E-state index is 0.193. The molecule has 4 nitrogen and oxygen atoms in total. The molecule has 0 radical (unpaired) electrons. The monoisotopic (exact) mass is 269 g/mol. The molecular formula is C15H27NO3. The first-order valence-corrected chi connectivity index (χ1v) is 7.31. The number of hydrogen-bond acceptors (Lipinski definition) is 3. The molecule has 1 saturated heterocycles. The highest BCUT2D eigenvalue weighted by atomic mass is 16.6. The van der Waals surface area contributed by atoms with Crippen LogP contribution in [0.15, 0.2) is 0 Å². The first-order chi connectivity index (χ1) is 8.61. The van der Waals surface area contributed by atoms with E-state index in [9.17, 15) is 9.90 Å². The van der Waals surface area contributed by atoms with Gasteiger partial charge in [-0.25, -0.2) is 4.79 Å². The molecule has 2 fully saturated rings. The molecule has 1 amide bonds. The van der Waals surface area contributed by atoms with Gasteiger partial charge in [0, 0.05) is 13.1 Å². The van der Waals surface area contributed by atoms with Gasteiger partial charge < -0.3 is 14.7 Å². The van der Waals surface area contributed by atoms with Gasteiger partial charge >= 0.3 is 6.09 Å². The van der Waals surface area contributed by atoms with Crippen LogP contribution in [-0.4, -0.2) is 40.4 Å². The lowest BCUT2D eigenvalue weighted by molar-refractivity contribution is -0.0182. The minimum Gasteiger partial charge on any atom is -0.444 e. The van der Waals surface area contributed by atoms with E-state index in [1.807, 2.05) is 32.6 Å². The predicted molar refractivity (Wildman–Crippen MR) is 73.9 cm³/mol. The van der Waals surface area contributed by atoms with E-state index in [1.54, 1.807) is 0 Å². The first kappa shape index (κ1) is 14.6. The third-order valence-corrected chi connectivity index (χ3v) is 4.48. The molecule has 0 bridgehead atoms. The normalized spacial score (nSPS) is 35.7. The molecular weight excluding hydrogens is 242 g/mol. The average molecular weight is 269 g/mol. The smallest absolute Gasteiger partial charge is 0.410 e. The number of rotatable bonds is 0. The molecule has 1 saturated carbocycles. The lowest BCUT2D eigenvalue weighted by Gasteiger charge is -2.40. The van der Waals surface area contributed by atoms with Gasteiger partial charge in [0.15, 0.2) is 0 Å². The number of carbonyl (C=O) groups excluding carboxylic acids is 1. The van der Waals surface area contributed by atoms with Crippen molar-refractivity contribution in [1.29, 1.82) is 0 Å². The maximum atomic E-state index is 12.1. The molecule has 0 unspecified atom stereocenters.